The Morgan fingerprint density at radius 2 is 1.93 bits per heavy atom. The van der Waals surface area contributed by atoms with E-state index in [0.717, 1.165) is 20.8 Å². The zero-order valence-corrected chi connectivity index (χ0v) is 18.1. The first kappa shape index (κ1) is 20.0. The van der Waals surface area contributed by atoms with Crippen LogP contribution in [0.2, 0.25) is 0 Å². The second-order valence-electron chi connectivity index (χ2n) is 7.03. The highest BCUT2D eigenvalue weighted by molar-refractivity contribution is 7.89. The van der Waals surface area contributed by atoms with Gasteiger partial charge >= 0.3 is 0 Å². The van der Waals surface area contributed by atoms with E-state index in [1.165, 1.54) is 21.8 Å². The topological polar surface area (TPSA) is 96.6 Å². The smallest absolute Gasteiger partial charge is 0.257 e. The van der Waals surface area contributed by atoms with Gasteiger partial charge in [-0.25, -0.2) is 13.4 Å². The Kier molecular flexibility index (Phi) is 5.18. The third kappa shape index (κ3) is 3.56. The number of pyridine rings is 1. The predicted octanol–water partition coefficient (Wildman–Crippen LogP) is 2.61. The molecule has 4 rings (SSSR count). The van der Waals surface area contributed by atoms with Gasteiger partial charge in [0.05, 0.1) is 21.5 Å². The number of carbonyl (C=O) groups is 1. The number of hydrogen-bond acceptors (Lipinski definition) is 7. The largest absolute Gasteiger partial charge is 0.336 e. The van der Waals surface area contributed by atoms with Crippen LogP contribution in [0.15, 0.2) is 27.7 Å². The van der Waals surface area contributed by atoms with E-state index in [1.807, 2.05) is 20.8 Å². The lowest BCUT2D eigenvalue weighted by atomic mass is 10.1. The average Bonchev–Trinajstić information content (AvgIpc) is 3.29. The van der Waals surface area contributed by atoms with Crippen molar-refractivity contribution in [3.8, 4) is 0 Å². The second kappa shape index (κ2) is 7.51. The van der Waals surface area contributed by atoms with Crippen LogP contribution in [0, 0.1) is 13.8 Å². The molecule has 1 aliphatic heterocycles. The van der Waals surface area contributed by atoms with Crippen LogP contribution in [0.25, 0.3) is 11.1 Å². The molecule has 4 heterocycles. The van der Waals surface area contributed by atoms with Crippen molar-refractivity contribution < 1.29 is 17.7 Å². The van der Waals surface area contributed by atoms with Crippen molar-refractivity contribution in [3.05, 3.63) is 39.3 Å². The lowest BCUT2D eigenvalue weighted by Gasteiger charge is -2.34. The number of aryl methyl sites for hydroxylation is 3. The summed E-state index contributed by atoms with van der Waals surface area (Å²) in [6.45, 7) is 6.89. The molecule has 0 bridgehead atoms. The van der Waals surface area contributed by atoms with E-state index in [9.17, 15) is 13.2 Å². The lowest BCUT2D eigenvalue weighted by molar-refractivity contribution is 0.0697. The molecule has 0 unspecified atom stereocenters. The molecule has 0 saturated carbocycles. The van der Waals surface area contributed by atoms with Crippen LogP contribution < -0.4 is 0 Å². The van der Waals surface area contributed by atoms with Crippen molar-refractivity contribution in [2.75, 3.05) is 26.2 Å². The van der Waals surface area contributed by atoms with Crippen LogP contribution in [0.1, 0.15) is 32.7 Å². The molecule has 0 atom stereocenters. The minimum absolute atomic E-state index is 0.165. The molecule has 1 amide bonds. The number of piperazine rings is 1. The number of aromatic nitrogens is 2. The van der Waals surface area contributed by atoms with Gasteiger partial charge in [-0.15, -0.1) is 11.3 Å². The summed E-state index contributed by atoms with van der Waals surface area (Å²) in [6.07, 6.45) is 2.17. The molecular formula is C19H22N4O4S2. The van der Waals surface area contributed by atoms with Crippen LogP contribution in [-0.2, 0) is 16.4 Å². The third-order valence-electron chi connectivity index (χ3n) is 5.13. The summed E-state index contributed by atoms with van der Waals surface area (Å²) in [4.78, 5) is 20.9. The van der Waals surface area contributed by atoms with Crippen molar-refractivity contribution >= 4 is 38.4 Å². The molecule has 154 valence electrons. The normalized spacial score (nSPS) is 15.9. The zero-order chi connectivity index (χ0) is 20.8. The van der Waals surface area contributed by atoms with E-state index in [-0.39, 0.29) is 19.0 Å². The van der Waals surface area contributed by atoms with Gasteiger partial charge in [0.2, 0.25) is 10.0 Å². The van der Waals surface area contributed by atoms with E-state index in [4.69, 9.17) is 4.52 Å². The Labute approximate surface area is 173 Å². The molecule has 1 fully saturated rings. The summed E-state index contributed by atoms with van der Waals surface area (Å²) in [7, 11) is -3.54. The zero-order valence-electron chi connectivity index (χ0n) is 16.5. The summed E-state index contributed by atoms with van der Waals surface area (Å²) in [5.74, 6) is -0.165. The van der Waals surface area contributed by atoms with Crippen molar-refractivity contribution in [2.24, 2.45) is 0 Å². The van der Waals surface area contributed by atoms with Crippen LogP contribution in [0.4, 0.5) is 0 Å². The number of nitrogens with zero attached hydrogens (tertiary/aromatic N) is 4. The Balaban J connectivity index is 1.49. The van der Waals surface area contributed by atoms with E-state index in [2.05, 4.69) is 10.1 Å². The molecular weight excluding hydrogens is 412 g/mol. The van der Waals surface area contributed by atoms with Gasteiger partial charge in [-0.2, -0.15) is 4.31 Å². The SMILES string of the molecule is CCc1noc2ncc(C(=O)N3CCN(S(=O)(=O)c4cc(C)sc4C)CC3)cc12. The summed E-state index contributed by atoms with van der Waals surface area (Å²) < 4.78 is 32.5. The van der Waals surface area contributed by atoms with Gasteiger partial charge in [0.25, 0.3) is 11.6 Å². The van der Waals surface area contributed by atoms with Crippen LogP contribution in [0.3, 0.4) is 0 Å². The van der Waals surface area contributed by atoms with Gasteiger partial charge in [-0.3, -0.25) is 4.79 Å². The highest BCUT2D eigenvalue weighted by Crippen LogP contribution is 2.28. The van der Waals surface area contributed by atoms with Gasteiger partial charge in [0.1, 0.15) is 0 Å². The van der Waals surface area contributed by atoms with Gasteiger partial charge in [-0.1, -0.05) is 12.1 Å². The summed E-state index contributed by atoms with van der Waals surface area (Å²) in [6, 6.07) is 3.47. The number of carbonyl (C=O) groups excluding carboxylic acids is 1. The van der Waals surface area contributed by atoms with E-state index in [0.29, 0.717) is 35.7 Å². The Bertz CT molecular complexity index is 1170. The molecule has 3 aromatic heterocycles. The molecule has 0 radical (unpaired) electrons. The standard InChI is InChI=1S/C19H22N4O4S2/c1-4-16-15-10-14(11-20-18(15)27-21-16)19(24)22-5-7-23(8-6-22)29(25,26)17-9-12(2)28-13(17)3/h9-11H,4-8H2,1-3H3. The molecule has 10 heteroatoms. The molecule has 0 N–H and O–H groups in total. The van der Waals surface area contributed by atoms with Crippen molar-refractivity contribution in [3.63, 3.8) is 0 Å². The number of thiophene rings is 1. The Morgan fingerprint density at radius 1 is 1.21 bits per heavy atom. The Hall–Kier alpha value is -2.30. The van der Waals surface area contributed by atoms with Crippen LogP contribution in [0.5, 0.6) is 0 Å². The maximum atomic E-state index is 13.0. The number of sulfonamides is 1. The van der Waals surface area contributed by atoms with E-state index >= 15 is 0 Å². The second-order valence-corrected chi connectivity index (χ2v) is 10.4. The fraction of sp³-hybridized carbons (Fsp3) is 0.421. The van der Waals surface area contributed by atoms with Gasteiger partial charge < -0.3 is 9.42 Å². The minimum Gasteiger partial charge on any atom is -0.336 e. The van der Waals surface area contributed by atoms with Crippen molar-refractivity contribution in [1.29, 1.82) is 0 Å². The maximum absolute atomic E-state index is 13.0. The first-order chi connectivity index (χ1) is 13.8. The molecule has 8 nitrogen and oxygen atoms in total. The summed E-state index contributed by atoms with van der Waals surface area (Å²) >= 11 is 1.48. The van der Waals surface area contributed by atoms with Crippen LogP contribution >= 0.6 is 11.3 Å². The first-order valence-corrected chi connectivity index (χ1v) is 11.7. The van der Waals surface area contributed by atoms with Gasteiger partial charge in [0.15, 0.2) is 0 Å². The van der Waals surface area contributed by atoms with Crippen LogP contribution in [-0.4, -0.2) is 59.8 Å². The Morgan fingerprint density at radius 3 is 2.55 bits per heavy atom. The van der Waals surface area contributed by atoms with Crippen molar-refractivity contribution in [1.82, 2.24) is 19.3 Å². The van der Waals surface area contributed by atoms with Gasteiger partial charge in [-0.05, 0) is 32.4 Å². The molecule has 0 spiro atoms. The van der Waals surface area contributed by atoms with Crippen molar-refractivity contribution in [2.45, 2.75) is 32.1 Å². The fourth-order valence-electron chi connectivity index (χ4n) is 3.57. The fourth-order valence-corrected chi connectivity index (χ4v) is 6.51. The number of fused-ring (bicyclic) bond motifs is 1. The molecule has 0 aromatic carbocycles. The van der Waals surface area contributed by atoms with Gasteiger partial charge in [0, 0.05) is 42.1 Å². The number of rotatable bonds is 4. The molecule has 0 aliphatic carbocycles. The first-order valence-electron chi connectivity index (χ1n) is 9.42. The molecule has 3 aromatic rings. The van der Waals surface area contributed by atoms with E-state index in [1.54, 1.807) is 17.0 Å². The monoisotopic (exact) mass is 434 g/mol. The lowest BCUT2D eigenvalue weighted by Crippen LogP contribution is -2.50. The van der Waals surface area contributed by atoms with E-state index < -0.39 is 10.0 Å². The predicted molar refractivity (Wildman–Crippen MR) is 110 cm³/mol. The summed E-state index contributed by atoms with van der Waals surface area (Å²) in [5, 5.41) is 4.71. The quantitative estimate of drug-likeness (QED) is 0.626. The summed E-state index contributed by atoms with van der Waals surface area (Å²) in [5.41, 5.74) is 1.63. The molecule has 1 aliphatic rings. The highest BCUT2D eigenvalue weighted by Gasteiger charge is 2.32. The minimum atomic E-state index is -3.54. The average molecular weight is 435 g/mol. The molecule has 29 heavy (non-hydrogen) atoms. The highest BCUT2D eigenvalue weighted by atomic mass is 32.2. The third-order valence-corrected chi connectivity index (χ3v) is 8.25. The number of hydrogen-bond donors (Lipinski definition) is 0. The number of amides is 1. The maximum Gasteiger partial charge on any atom is 0.257 e. The molecule has 1 saturated heterocycles.